The highest BCUT2D eigenvalue weighted by molar-refractivity contribution is 6.08. The molecule has 0 aliphatic rings. The van der Waals surface area contributed by atoms with Crippen LogP contribution in [-0.4, -0.2) is 24.0 Å². The molecule has 0 saturated carbocycles. The Bertz CT molecular complexity index is 517. The number of fused-ring (bicyclic) bond motifs is 1. The van der Waals surface area contributed by atoms with Crippen molar-refractivity contribution in [3.05, 3.63) is 42.1 Å². The molecule has 1 atom stereocenters. The molecule has 0 radical (unpaired) electrons. The number of methoxy groups -OCH3 is 1. The molecule has 0 saturated heterocycles. The van der Waals surface area contributed by atoms with E-state index in [4.69, 9.17) is 4.74 Å². The van der Waals surface area contributed by atoms with Crippen molar-refractivity contribution in [2.75, 3.05) is 7.11 Å². The number of nitrogens with zero attached hydrogens (tertiary/aromatic N) is 1. The smallest absolute Gasteiger partial charge is 0.193 e. The van der Waals surface area contributed by atoms with Crippen LogP contribution < -0.4 is 0 Å². The molecule has 0 aliphatic heterocycles. The van der Waals surface area contributed by atoms with Crippen molar-refractivity contribution < 1.29 is 9.53 Å². The van der Waals surface area contributed by atoms with Crippen LogP contribution in [0, 0.1) is 0 Å². The minimum Gasteiger partial charge on any atom is -0.374 e. The third-order valence-corrected chi connectivity index (χ3v) is 2.62. The van der Waals surface area contributed by atoms with Crippen LogP contribution in [0.5, 0.6) is 0 Å². The molecule has 16 heavy (non-hydrogen) atoms. The number of ether oxygens (including phenoxy) is 1. The number of carbonyl (C=O) groups is 1. The maximum absolute atomic E-state index is 12.0. The van der Waals surface area contributed by atoms with Crippen molar-refractivity contribution in [2.45, 2.75) is 13.0 Å². The average Bonchev–Trinajstić information content (AvgIpc) is 2.36. The van der Waals surface area contributed by atoms with Gasteiger partial charge in [0.1, 0.15) is 6.10 Å². The van der Waals surface area contributed by atoms with E-state index < -0.39 is 6.10 Å². The van der Waals surface area contributed by atoms with Gasteiger partial charge in [0.05, 0.1) is 5.52 Å². The van der Waals surface area contributed by atoms with Crippen LogP contribution in [-0.2, 0) is 4.74 Å². The minimum atomic E-state index is -0.437. The van der Waals surface area contributed by atoms with Gasteiger partial charge in [-0.1, -0.05) is 18.2 Å². The fraction of sp³-hybridized carbons (Fsp3) is 0.231. The summed E-state index contributed by atoms with van der Waals surface area (Å²) in [6, 6.07) is 9.39. The van der Waals surface area contributed by atoms with Gasteiger partial charge in [-0.25, -0.2) is 0 Å². The topological polar surface area (TPSA) is 39.2 Å². The Morgan fingerprint density at radius 3 is 2.81 bits per heavy atom. The normalized spacial score (nSPS) is 12.6. The molecule has 1 heterocycles. The zero-order valence-electron chi connectivity index (χ0n) is 9.31. The second-order valence-corrected chi connectivity index (χ2v) is 3.62. The first-order valence-corrected chi connectivity index (χ1v) is 5.15. The quantitative estimate of drug-likeness (QED) is 0.738. The summed E-state index contributed by atoms with van der Waals surface area (Å²) in [5, 5.41) is 0.969. The van der Waals surface area contributed by atoms with Crippen molar-refractivity contribution in [3.8, 4) is 0 Å². The largest absolute Gasteiger partial charge is 0.374 e. The first kappa shape index (κ1) is 10.8. The summed E-state index contributed by atoms with van der Waals surface area (Å²) in [6.45, 7) is 1.74. The number of carbonyl (C=O) groups excluding carboxylic acids is 1. The van der Waals surface area contributed by atoms with Crippen LogP contribution in [0.2, 0.25) is 0 Å². The number of hydrogen-bond acceptors (Lipinski definition) is 3. The zero-order valence-corrected chi connectivity index (χ0v) is 9.31. The first-order valence-electron chi connectivity index (χ1n) is 5.15. The molecular formula is C13H13NO2. The molecule has 1 unspecified atom stereocenters. The first-order chi connectivity index (χ1) is 7.74. The molecule has 0 N–H and O–H groups in total. The fourth-order valence-corrected chi connectivity index (χ4v) is 1.63. The number of para-hydroxylation sites is 1. The summed E-state index contributed by atoms with van der Waals surface area (Å²) in [4.78, 5) is 16.3. The van der Waals surface area contributed by atoms with Gasteiger partial charge in [-0.05, 0) is 19.1 Å². The van der Waals surface area contributed by atoms with Crippen molar-refractivity contribution in [3.63, 3.8) is 0 Å². The van der Waals surface area contributed by atoms with Gasteiger partial charge in [0.25, 0.3) is 0 Å². The Labute approximate surface area is 94.1 Å². The Morgan fingerprint density at radius 1 is 1.31 bits per heavy atom. The standard InChI is InChI=1S/C13H13NO2/c1-9(16-2)13(15)11-7-3-5-10-6-4-8-14-12(10)11/h3-9H,1-2H3. The lowest BCUT2D eigenvalue weighted by atomic mass is 10.0. The van der Waals surface area contributed by atoms with Crippen molar-refractivity contribution in [1.29, 1.82) is 0 Å². The van der Waals surface area contributed by atoms with Crippen LogP contribution in [0.1, 0.15) is 17.3 Å². The van der Waals surface area contributed by atoms with Gasteiger partial charge in [0.15, 0.2) is 5.78 Å². The van der Waals surface area contributed by atoms with Crippen LogP contribution in [0.15, 0.2) is 36.5 Å². The maximum atomic E-state index is 12.0. The number of aromatic nitrogens is 1. The lowest BCUT2D eigenvalue weighted by molar-refractivity contribution is 0.0657. The number of rotatable bonds is 3. The molecule has 3 heteroatoms. The SMILES string of the molecule is COC(C)C(=O)c1cccc2cccnc12. The second-order valence-electron chi connectivity index (χ2n) is 3.62. The van der Waals surface area contributed by atoms with Crippen molar-refractivity contribution in [2.24, 2.45) is 0 Å². The van der Waals surface area contributed by atoms with Crippen LogP contribution >= 0.6 is 0 Å². The molecule has 1 aromatic carbocycles. The van der Waals surface area contributed by atoms with Crippen LogP contribution in [0.25, 0.3) is 10.9 Å². The fourth-order valence-electron chi connectivity index (χ4n) is 1.63. The molecular weight excluding hydrogens is 202 g/mol. The van der Waals surface area contributed by atoms with Crippen molar-refractivity contribution >= 4 is 16.7 Å². The number of hydrogen-bond donors (Lipinski definition) is 0. The Balaban J connectivity index is 2.56. The summed E-state index contributed by atoms with van der Waals surface area (Å²) in [5.74, 6) is -0.0354. The monoisotopic (exact) mass is 215 g/mol. The predicted octanol–water partition coefficient (Wildman–Crippen LogP) is 2.45. The molecule has 0 amide bonds. The summed E-state index contributed by atoms with van der Waals surface area (Å²) in [5.41, 5.74) is 1.35. The van der Waals surface area contributed by atoms with E-state index in [0.29, 0.717) is 5.56 Å². The number of benzene rings is 1. The molecule has 0 bridgehead atoms. The maximum Gasteiger partial charge on any atom is 0.193 e. The van der Waals surface area contributed by atoms with E-state index in [9.17, 15) is 4.79 Å². The van der Waals surface area contributed by atoms with E-state index in [-0.39, 0.29) is 5.78 Å². The Kier molecular flexibility index (Phi) is 2.97. The Hall–Kier alpha value is -1.74. The zero-order chi connectivity index (χ0) is 11.5. The summed E-state index contributed by atoms with van der Waals surface area (Å²) < 4.78 is 5.04. The van der Waals surface area contributed by atoms with E-state index >= 15 is 0 Å². The van der Waals surface area contributed by atoms with Gasteiger partial charge in [0.2, 0.25) is 0 Å². The second kappa shape index (κ2) is 4.41. The number of ketones is 1. The van der Waals surface area contributed by atoms with E-state index in [1.54, 1.807) is 19.2 Å². The molecule has 0 aliphatic carbocycles. The molecule has 2 rings (SSSR count). The highest BCUT2D eigenvalue weighted by Crippen LogP contribution is 2.17. The third kappa shape index (κ3) is 1.82. The molecule has 3 nitrogen and oxygen atoms in total. The third-order valence-electron chi connectivity index (χ3n) is 2.62. The summed E-state index contributed by atoms with van der Waals surface area (Å²) in [7, 11) is 1.53. The van der Waals surface area contributed by atoms with Gasteiger partial charge >= 0.3 is 0 Å². The molecule has 1 aromatic heterocycles. The molecule has 0 fully saturated rings. The van der Waals surface area contributed by atoms with E-state index in [0.717, 1.165) is 10.9 Å². The highest BCUT2D eigenvalue weighted by Gasteiger charge is 2.17. The molecule has 2 aromatic rings. The van der Waals surface area contributed by atoms with Crippen molar-refractivity contribution in [1.82, 2.24) is 4.98 Å². The summed E-state index contributed by atoms with van der Waals surface area (Å²) >= 11 is 0. The predicted molar refractivity (Wildman–Crippen MR) is 62.5 cm³/mol. The van der Waals surface area contributed by atoms with Crippen LogP contribution in [0.3, 0.4) is 0 Å². The van der Waals surface area contributed by atoms with Gasteiger partial charge in [-0.3, -0.25) is 9.78 Å². The summed E-state index contributed by atoms with van der Waals surface area (Å²) in [6.07, 6.45) is 1.25. The van der Waals surface area contributed by atoms with E-state index in [1.165, 1.54) is 7.11 Å². The van der Waals surface area contributed by atoms with E-state index in [2.05, 4.69) is 4.98 Å². The van der Waals surface area contributed by atoms with Gasteiger partial charge in [-0.2, -0.15) is 0 Å². The lowest BCUT2D eigenvalue weighted by Crippen LogP contribution is -2.19. The van der Waals surface area contributed by atoms with Gasteiger partial charge < -0.3 is 4.74 Å². The number of Topliss-reactive ketones (excluding diaryl/α,β-unsaturated/α-hetero) is 1. The average molecular weight is 215 g/mol. The van der Waals surface area contributed by atoms with Gasteiger partial charge in [-0.15, -0.1) is 0 Å². The minimum absolute atomic E-state index is 0.0354. The van der Waals surface area contributed by atoms with Gasteiger partial charge in [0, 0.05) is 24.3 Å². The lowest BCUT2D eigenvalue weighted by Gasteiger charge is -2.09. The molecule has 82 valence electrons. The number of pyridine rings is 1. The van der Waals surface area contributed by atoms with E-state index in [1.807, 2.05) is 24.3 Å². The highest BCUT2D eigenvalue weighted by atomic mass is 16.5. The van der Waals surface area contributed by atoms with Crippen LogP contribution in [0.4, 0.5) is 0 Å². The Morgan fingerprint density at radius 2 is 2.06 bits per heavy atom. The molecule has 0 spiro atoms.